The molecule has 0 bridgehead atoms. The van der Waals surface area contributed by atoms with Crippen LogP contribution in [0.1, 0.15) is 12.8 Å². The normalized spacial score (nSPS) is 23.3. The van der Waals surface area contributed by atoms with Crippen molar-refractivity contribution in [3.63, 3.8) is 0 Å². The maximum Gasteiger partial charge on any atom is 0.404 e. The highest BCUT2D eigenvalue weighted by atomic mass is 19.1. The van der Waals surface area contributed by atoms with Crippen LogP contribution in [0.15, 0.2) is 24.3 Å². The summed E-state index contributed by atoms with van der Waals surface area (Å²) in [7, 11) is 0. The van der Waals surface area contributed by atoms with E-state index in [-0.39, 0.29) is 18.0 Å². The minimum Gasteiger partial charge on any atom is -0.490 e. The maximum atomic E-state index is 12.8. The quantitative estimate of drug-likeness (QED) is 0.853. The van der Waals surface area contributed by atoms with Crippen LogP contribution in [0.3, 0.4) is 0 Å². The number of rotatable bonds is 3. The molecular formula is C11H12FNO3. The van der Waals surface area contributed by atoms with Crippen molar-refractivity contribution in [2.75, 3.05) is 0 Å². The zero-order valence-corrected chi connectivity index (χ0v) is 8.56. The molecule has 86 valence electrons. The van der Waals surface area contributed by atoms with Crippen LogP contribution in [0.2, 0.25) is 0 Å². The van der Waals surface area contributed by atoms with Crippen molar-refractivity contribution in [2.24, 2.45) is 5.73 Å². The molecule has 1 saturated carbocycles. The molecule has 0 saturated heterocycles. The van der Waals surface area contributed by atoms with Crippen LogP contribution in [-0.2, 0) is 4.74 Å². The minimum absolute atomic E-state index is 0.0360. The van der Waals surface area contributed by atoms with Crippen molar-refractivity contribution in [3.05, 3.63) is 30.1 Å². The van der Waals surface area contributed by atoms with Gasteiger partial charge < -0.3 is 15.2 Å². The van der Waals surface area contributed by atoms with Gasteiger partial charge in [0.15, 0.2) is 0 Å². The lowest BCUT2D eigenvalue weighted by Crippen LogP contribution is -2.41. The number of halogens is 1. The van der Waals surface area contributed by atoms with Crippen LogP contribution in [0.5, 0.6) is 5.75 Å². The van der Waals surface area contributed by atoms with Gasteiger partial charge in [-0.25, -0.2) is 9.18 Å². The molecule has 0 atom stereocenters. The Hall–Kier alpha value is -1.78. The fourth-order valence-corrected chi connectivity index (χ4v) is 1.61. The van der Waals surface area contributed by atoms with Crippen LogP contribution in [0, 0.1) is 5.82 Å². The molecule has 0 heterocycles. The highest BCUT2D eigenvalue weighted by Gasteiger charge is 2.33. The van der Waals surface area contributed by atoms with Gasteiger partial charge >= 0.3 is 6.09 Å². The van der Waals surface area contributed by atoms with E-state index in [0.717, 1.165) is 0 Å². The third-order valence-electron chi connectivity index (χ3n) is 2.43. The maximum absolute atomic E-state index is 12.8. The molecule has 5 heteroatoms. The molecule has 0 spiro atoms. The van der Waals surface area contributed by atoms with Gasteiger partial charge in [0.2, 0.25) is 0 Å². The first-order valence-electron chi connectivity index (χ1n) is 5.02. The lowest BCUT2D eigenvalue weighted by molar-refractivity contribution is -0.0198. The minimum atomic E-state index is -0.769. The average molecular weight is 225 g/mol. The molecule has 0 radical (unpaired) electrons. The van der Waals surface area contributed by atoms with Crippen LogP contribution in [-0.4, -0.2) is 18.3 Å². The molecule has 1 fully saturated rings. The van der Waals surface area contributed by atoms with Gasteiger partial charge in [-0.15, -0.1) is 0 Å². The van der Waals surface area contributed by atoms with Crippen molar-refractivity contribution >= 4 is 6.09 Å². The number of benzene rings is 1. The topological polar surface area (TPSA) is 61.6 Å². The van der Waals surface area contributed by atoms with E-state index in [1.54, 1.807) is 12.1 Å². The Morgan fingerprint density at radius 2 is 2.12 bits per heavy atom. The number of hydrogen-bond donors (Lipinski definition) is 1. The van der Waals surface area contributed by atoms with E-state index in [1.807, 2.05) is 0 Å². The van der Waals surface area contributed by atoms with Crippen LogP contribution in [0.25, 0.3) is 0 Å². The Morgan fingerprint density at radius 1 is 1.38 bits per heavy atom. The first-order chi connectivity index (χ1) is 7.63. The Morgan fingerprint density at radius 3 is 2.75 bits per heavy atom. The standard InChI is InChI=1S/C11H12FNO3/c12-7-2-1-3-8(4-7)15-9-5-10(6-9)16-11(13)14/h1-4,9-10H,5-6H2,(H2,13,14). The number of carbonyl (C=O) groups is 1. The molecule has 0 unspecified atom stereocenters. The van der Waals surface area contributed by atoms with Crippen LogP contribution in [0.4, 0.5) is 9.18 Å². The fraction of sp³-hybridized carbons (Fsp3) is 0.364. The van der Waals surface area contributed by atoms with Gasteiger partial charge in [-0.05, 0) is 12.1 Å². The Kier molecular flexibility index (Phi) is 2.94. The van der Waals surface area contributed by atoms with E-state index in [4.69, 9.17) is 15.2 Å². The van der Waals surface area contributed by atoms with E-state index in [1.165, 1.54) is 12.1 Å². The molecule has 0 aromatic heterocycles. The van der Waals surface area contributed by atoms with Crippen molar-refractivity contribution in [2.45, 2.75) is 25.0 Å². The van der Waals surface area contributed by atoms with Crippen molar-refractivity contribution in [1.29, 1.82) is 0 Å². The highest BCUT2D eigenvalue weighted by Crippen LogP contribution is 2.28. The number of ether oxygens (including phenoxy) is 2. The summed E-state index contributed by atoms with van der Waals surface area (Å²) in [6.45, 7) is 0. The summed E-state index contributed by atoms with van der Waals surface area (Å²) >= 11 is 0. The molecular weight excluding hydrogens is 213 g/mol. The summed E-state index contributed by atoms with van der Waals surface area (Å²) in [4.78, 5) is 10.4. The molecule has 0 aliphatic heterocycles. The Balaban J connectivity index is 1.79. The number of nitrogens with two attached hydrogens (primary N) is 1. The monoisotopic (exact) mass is 225 g/mol. The Labute approximate surface area is 92.1 Å². The third-order valence-corrected chi connectivity index (χ3v) is 2.43. The van der Waals surface area contributed by atoms with Gasteiger partial charge in [0.1, 0.15) is 23.8 Å². The summed E-state index contributed by atoms with van der Waals surface area (Å²) in [6.07, 6.45) is 0.218. The first kappa shape index (κ1) is 10.7. The van der Waals surface area contributed by atoms with Crippen LogP contribution >= 0.6 is 0 Å². The van der Waals surface area contributed by atoms with E-state index in [2.05, 4.69) is 0 Å². The van der Waals surface area contributed by atoms with Crippen molar-refractivity contribution in [1.82, 2.24) is 0 Å². The largest absolute Gasteiger partial charge is 0.490 e. The second-order valence-electron chi connectivity index (χ2n) is 3.73. The van der Waals surface area contributed by atoms with E-state index in [9.17, 15) is 9.18 Å². The molecule has 2 N–H and O–H groups in total. The van der Waals surface area contributed by atoms with Gasteiger partial charge in [-0.2, -0.15) is 0 Å². The first-order valence-corrected chi connectivity index (χ1v) is 5.02. The number of hydrogen-bond acceptors (Lipinski definition) is 3. The summed E-state index contributed by atoms with van der Waals surface area (Å²) in [6, 6.07) is 5.95. The zero-order chi connectivity index (χ0) is 11.5. The summed E-state index contributed by atoms with van der Waals surface area (Å²) in [5.74, 6) is 0.157. The molecule has 1 aromatic carbocycles. The Bertz CT molecular complexity index is 391. The smallest absolute Gasteiger partial charge is 0.404 e. The van der Waals surface area contributed by atoms with E-state index < -0.39 is 6.09 Å². The number of amides is 1. The van der Waals surface area contributed by atoms with Gasteiger partial charge in [0.05, 0.1) is 0 Å². The molecule has 2 rings (SSSR count). The predicted molar refractivity (Wildman–Crippen MR) is 54.5 cm³/mol. The molecule has 16 heavy (non-hydrogen) atoms. The van der Waals surface area contributed by atoms with Gasteiger partial charge in [0.25, 0.3) is 0 Å². The predicted octanol–water partition coefficient (Wildman–Crippen LogP) is 1.83. The summed E-state index contributed by atoms with van der Waals surface area (Å²) in [5.41, 5.74) is 4.87. The van der Waals surface area contributed by atoms with Crippen molar-refractivity contribution < 1.29 is 18.7 Å². The van der Waals surface area contributed by atoms with Gasteiger partial charge in [-0.3, -0.25) is 0 Å². The molecule has 1 amide bonds. The summed E-state index contributed by atoms with van der Waals surface area (Å²) in [5, 5.41) is 0. The molecule has 1 aromatic rings. The second-order valence-corrected chi connectivity index (χ2v) is 3.73. The molecule has 4 nitrogen and oxygen atoms in total. The second kappa shape index (κ2) is 4.38. The van der Waals surface area contributed by atoms with E-state index in [0.29, 0.717) is 18.6 Å². The van der Waals surface area contributed by atoms with Crippen LogP contribution < -0.4 is 10.5 Å². The van der Waals surface area contributed by atoms with E-state index >= 15 is 0 Å². The van der Waals surface area contributed by atoms with Gasteiger partial charge in [-0.1, -0.05) is 6.07 Å². The number of primary amides is 1. The molecule has 1 aliphatic carbocycles. The lowest BCUT2D eigenvalue weighted by Gasteiger charge is -2.34. The SMILES string of the molecule is NC(=O)OC1CC(Oc2cccc(F)c2)C1. The zero-order valence-electron chi connectivity index (χ0n) is 8.56. The van der Waals surface area contributed by atoms with Crippen molar-refractivity contribution in [3.8, 4) is 5.75 Å². The fourth-order valence-electron chi connectivity index (χ4n) is 1.61. The third kappa shape index (κ3) is 2.62. The lowest BCUT2D eigenvalue weighted by atomic mass is 9.92. The summed E-state index contributed by atoms with van der Waals surface area (Å²) < 4.78 is 23.1. The highest BCUT2D eigenvalue weighted by molar-refractivity contribution is 5.64. The molecule has 1 aliphatic rings. The number of carbonyl (C=O) groups excluding carboxylic acids is 1. The average Bonchev–Trinajstić information content (AvgIpc) is 2.14. The van der Waals surface area contributed by atoms with Gasteiger partial charge in [0, 0.05) is 18.9 Å².